The van der Waals surface area contributed by atoms with Gasteiger partial charge in [-0.15, -0.1) is 0 Å². The summed E-state index contributed by atoms with van der Waals surface area (Å²) in [7, 11) is 0. The molecular formula is C21H27FN4O2. The summed E-state index contributed by atoms with van der Waals surface area (Å²) in [5.41, 5.74) is 1.00. The van der Waals surface area contributed by atoms with Crippen LogP contribution in [0, 0.1) is 5.82 Å². The van der Waals surface area contributed by atoms with E-state index in [1.807, 2.05) is 18.7 Å². The lowest BCUT2D eigenvalue weighted by Crippen LogP contribution is -2.38. The van der Waals surface area contributed by atoms with Crippen molar-refractivity contribution in [2.45, 2.75) is 39.7 Å². The standard InChI is InChI=1S/C21H27FN4O2/c1-3-12-25(13-4-2)20(27)9-14-26(16-17-5-7-18(22)8-6-17)21(28)19-15-23-10-11-24-19/h5-8,10-11,15H,3-4,9,12-14,16H2,1-2H3. The molecule has 1 aromatic heterocycles. The molecule has 0 radical (unpaired) electrons. The Balaban J connectivity index is 2.12. The van der Waals surface area contributed by atoms with Gasteiger partial charge in [0.05, 0.1) is 6.20 Å². The Kier molecular flexibility index (Phi) is 8.52. The van der Waals surface area contributed by atoms with Crippen molar-refractivity contribution in [3.63, 3.8) is 0 Å². The van der Waals surface area contributed by atoms with Crippen LogP contribution in [-0.4, -0.2) is 51.2 Å². The number of amides is 2. The van der Waals surface area contributed by atoms with E-state index in [0.717, 1.165) is 18.4 Å². The Labute approximate surface area is 165 Å². The molecule has 0 N–H and O–H groups in total. The molecule has 6 nitrogen and oxygen atoms in total. The molecule has 0 saturated heterocycles. The second kappa shape index (κ2) is 11.1. The first kappa shape index (κ1) is 21.5. The molecule has 0 bridgehead atoms. The first-order chi connectivity index (χ1) is 13.5. The molecule has 2 rings (SSSR count). The van der Waals surface area contributed by atoms with Gasteiger partial charge in [-0.25, -0.2) is 9.37 Å². The number of carbonyl (C=O) groups excluding carboxylic acids is 2. The third kappa shape index (κ3) is 6.40. The van der Waals surface area contributed by atoms with E-state index < -0.39 is 0 Å². The lowest BCUT2D eigenvalue weighted by Gasteiger charge is -2.25. The van der Waals surface area contributed by atoms with Gasteiger partial charge in [0.25, 0.3) is 5.91 Å². The van der Waals surface area contributed by atoms with E-state index in [1.165, 1.54) is 30.7 Å². The molecule has 0 spiro atoms. The lowest BCUT2D eigenvalue weighted by molar-refractivity contribution is -0.131. The van der Waals surface area contributed by atoms with Gasteiger partial charge < -0.3 is 9.80 Å². The molecule has 7 heteroatoms. The SMILES string of the molecule is CCCN(CCC)C(=O)CCN(Cc1ccc(F)cc1)C(=O)c1cnccn1. The van der Waals surface area contributed by atoms with Crippen LogP contribution in [0.4, 0.5) is 4.39 Å². The van der Waals surface area contributed by atoms with Crippen molar-refractivity contribution in [2.24, 2.45) is 0 Å². The van der Waals surface area contributed by atoms with Gasteiger partial charge in [0, 0.05) is 45.0 Å². The summed E-state index contributed by atoms with van der Waals surface area (Å²) in [5, 5.41) is 0. The number of hydrogen-bond acceptors (Lipinski definition) is 4. The Hall–Kier alpha value is -2.83. The Bertz CT molecular complexity index is 747. The van der Waals surface area contributed by atoms with E-state index in [2.05, 4.69) is 9.97 Å². The zero-order valence-corrected chi connectivity index (χ0v) is 16.5. The molecule has 0 aliphatic heterocycles. The number of hydrogen-bond donors (Lipinski definition) is 0. The molecule has 2 amide bonds. The predicted molar refractivity (Wildman–Crippen MR) is 105 cm³/mol. The fourth-order valence-corrected chi connectivity index (χ4v) is 2.92. The van der Waals surface area contributed by atoms with Gasteiger partial charge in [0.15, 0.2) is 0 Å². The molecule has 0 unspecified atom stereocenters. The van der Waals surface area contributed by atoms with Crippen molar-refractivity contribution in [1.82, 2.24) is 19.8 Å². The third-order valence-corrected chi connectivity index (χ3v) is 4.29. The highest BCUT2D eigenvalue weighted by Gasteiger charge is 2.20. The minimum Gasteiger partial charge on any atom is -0.343 e. The van der Waals surface area contributed by atoms with E-state index in [9.17, 15) is 14.0 Å². The lowest BCUT2D eigenvalue weighted by atomic mass is 10.2. The van der Waals surface area contributed by atoms with Gasteiger partial charge in [-0.05, 0) is 30.5 Å². The molecule has 0 atom stereocenters. The van der Waals surface area contributed by atoms with Gasteiger partial charge in [-0.3, -0.25) is 14.6 Å². The van der Waals surface area contributed by atoms with Gasteiger partial charge >= 0.3 is 0 Å². The molecular weight excluding hydrogens is 359 g/mol. The van der Waals surface area contributed by atoms with Crippen LogP contribution in [0.15, 0.2) is 42.9 Å². The first-order valence-electron chi connectivity index (χ1n) is 9.62. The van der Waals surface area contributed by atoms with Crippen molar-refractivity contribution in [1.29, 1.82) is 0 Å². The maximum Gasteiger partial charge on any atom is 0.274 e. The van der Waals surface area contributed by atoms with Crippen LogP contribution < -0.4 is 0 Å². The minimum atomic E-state index is -0.333. The number of carbonyl (C=O) groups is 2. The maximum atomic E-state index is 13.2. The first-order valence-corrected chi connectivity index (χ1v) is 9.62. The van der Waals surface area contributed by atoms with Crippen LogP contribution in [-0.2, 0) is 11.3 Å². The number of halogens is 1. The Morgan fingerprint density at radius 2 is 1.64 bits per heavy atom. The summed E-state index contributed by atoms with van der Waals surface area (Å²) in [6, 6.07) is 5.98. The Morgan fingerprint density at radius 1 is 0.964 bits per heavy atom. The van der Waals surface area contributed by atoms with Gasteiger partial charge in [0.1, 0.15) is 11.5 Å². The van der Waals surface area contributed by atoms with E-state index in [4.69, 9.17) is 0 Å². The van der Waals surface area contributed by atoms with Crippen LogP contribution in [0.2, 0.25) is 0 Å². The number of nitrogens with zero attached hydrogens (tertiary/aromatic N) is 4. The van der Waals surface area contributed by atoms with Crippen LogP contribution in [0.3, 0.4) is 0 Å². The van der Waals surface area contributed by atoms with Gasteiger partial charge in [-0.2, -0.15) is 0 Å². The van der Waals surface area contributed by atoms with Crippen LogP contribution >= 0.6 is 0 Å². The zero-order valence-electron chi connectivity index (χ0n) is 16.5. The van der Waals surface area contributed by atoms with Crippen molar-refractivity contribution >= 4 is 11.8 Å². The normalized spacial score (nSPS) is 10.5. The summed E-state index contributed by atoms with van der Waals surface area (Å²) in [6.07, 6.45) is 6.37. The average Bonchev–Trinajstić information content (AvgIpc) is 2.72. The zero-order chi connectivity index (χ0) is 20.4. The molecule has 150 valence electrons. The highest BCUT2D eigenvalue weighted by molar-refractivity contribution is 5.92. The van der Waals surface area contributed by atoms with Crippen molar-refractivity contribution in [3.8, 4) is 0 Å². The molecule has 1 aromatic carbocycles. The Morgan fingerprint density at radius 3 is 2.21 bits per heavy atom. The molecule has 0 aliphatic rings. The van der Waals surface area contributed by atoms with E-state index >= 15 is 0 Å². The number of benzene rings is 1. The van der Waals surface area contributed by atoms with Crippen molar-refractivity contribution in [3.05, 3.63) is 59.9 Å². The summed E-state index contributed by atoms with van der Waals surface area (Å²) in [4.78, 5) is 36.9. The largest absolute Gasteiger partial charge is 0.343 e. The van der Waals surface area contributed by atoms with Crippen LogP contribution in [0.25, 0.3) is 0 Å². The minimum absolute atomic E-state index is 0.0275. The van der Waals surface area contributed by atoms with E-state index in [0.29, 0.717) is 13.1 Å². The second-order valence-corrected chi connectivity index (χ2v) is 6.57. The van der Waals surface area contributed by atoms with Crippen LogP contribution in [0.1, 0.15) is 49.2 Å². The third-order valence-electron chi connectivity index (χ3n) is 4.29. The predicted octanol–water partition coefficient (Wildman–Crippen LogP) is 3.30. The van der Waals surface area contributed by atoms with Gasteiger partial charge in [0.2, 0.25) is 5.91 Å². The summed E-state index contributed by atoms with van der Waals surface area (Å²) in [6.45, 7) is 6.02. The maximum absolute atomic E-state index is 13.2. The highest BCUT2D eigenvalue weighted by Crippen LogP contribution is 2.11. The monoisotopic (exact) mass is 386 g/mol. The number of rotatable bonds is 10. The number of aromatic nitrogens is 2. The van der Waals surface area contributed by atoms with Gasteiger partial charge in [-0.1, -0.05) is 26.0 Å². The smallest absolute Gasteiger partial charge is 0.274 e. The molecule has 0 fully saturated rings. The average molecular weight is 386 g/mol. The molecule has 28 heavy (non-hydrogen) atoms. The fourth-order valence-electron chi connectivity index (χ4n) is 2.92. The summed E-state index contributed by atoms with van der Waals surface area (Å²) < 4.78 is 13.2. The summed E-state index contributed by atoms with van der Waals surface area (Å²) in [5.74, 6) is -0.608. The fraction of sp³-hybridized carbons (Fsp3) is 0.429. The van der Waals surface area contributed by atoms with E-state index in [1.54, 1.807) is 17.0 Å². The van der Waals surface area contributed by atoms with Crippen LogP contribution in [0.5, 0.6) is 0 Å². The molecule has 0 saturated carbocycles. The summed E-state index contributed by atoms with van der Waals surface area (Å²) >= 11 is 0. The van der Waals surface area contributed by atoms with Crippen molar-refractivity contribution < 1.29 is 14.0 Å². The molecule has 2 aromatic rings. The molecule has 1 heterocycles. The topological polar surface area (TPSA) is 66.4 Å². The van der Waals surface area contributed by atoms with E-state index in [-0.39, 0.29) is 42.8 Å². The quantitative estimate of drug-likeness (QED) is 0.628. The van der Waals surface area contributed by atoms with Crippen molar-refractivity contribution in [2.75, 3.05) is 19.6 Å². The molecule has 0 aliphatic carbocycles. The second-order valence-electron chi connectivity index (χ2n) is 6.57. The highest BCUT2D eigenvalue weighted by atomic mass is 19.1.